The molecule has 116 valence electrons. The standard InChI is InChI=1S/C16H24N2O3/c1-2-18-16(15(17)20)9-5-7-13(10-16)21-14-8-4-3-6-12(14)11-19/h3-4,6,8,13,18-19H,2,5,7,9-11H2,1H3,(H2,17,20). The number of aliphatic hydroxyl groups excluding tert-OH is 1. The van der Waals surface area contributed by atoms with Crippen molar-refractivity contribution in [1.29, 1.82) is 0 Å². The first-order valence-electron chi connectivity index (χ1n) is 7.51. The Morgan fingerprint density at radius 1 is 1.52 bits per heavy atom. The van der Waals surface area contributed by atoms with Crippen molar-refractivity contribution in [3.8, 4) is 5.75 Å². The molecule has 1 amide bonds. The number of amides is 1. The number of rotatable bonds is 6. The maximum absolute atomic E-state index is 11.9. The van der Waals surface area contributed by atoms with Crippen LogP contribution in [0.4, 0.5) is 0 Å². The summed E-state index contributed by atoms with van der Waals surface area (Å²) in [5.74, 6) is 0.370. The number of hydrogen-bond acceptors (Lipinski definition) is 4. The van der Waals surface area contributed by atoms with Crippen LogP contribution in [-0.2, 0) is 11.4 Å². The van der Waals surface area contributed by atoms with E-state index in [0.717, 1.165) is 24.8 Å². The van der Waals surface area contributed by atoms with Gasteiger partial charge in [0.2, 0.25) is 5.91 Å². The Balaban J connectivity index is 2.12. The van der Waals surface area contributed by atoms with Gasteiger partial charge in [0.25, 0.3) is 0 Å². The zero-order valence-electron chi connectivity index (χ0n) is 12.5. The van der Waals surface area contributed by atoms with Gasteiger partial charge in [-0.25, -0.2) is 0 Å². The second kappa shape index (κ2) is 6.91. The minimum atomic E-state index is -0.675. The molecule has 2 unspecified atom stereocenters. The third-order valence-corrected chi connectivity index (χ3v) is 4.13. The molecule has 1 aliphatic rings. The number of primary amides is 1. The largest absolute Gasteiger partial charge is 0.490 e. The number of likely N-dealkylation sites (N-methyl/N-ethyl adjacent to an activating group) is 1. The van der Waals surface area contributed by atoms with Crippen molar-refractivity contribution < 1.29 is 14.6 Å². The highest BCUT2D eigenvalue weighted by atomic mass is 16.5. The molecule has 0 bridgehead atoms. The summed E-state index contributed by atoms with van der Waals surface area (Å²) in [6.45, 7) is 2.61. The van der Waals surface area contributed by atoms with E-state index >= 15 is 0 Å². The highest BCUT2D eigenvalue weighted by Gasteiger charge is 2.41. The lowest BCUT2D eigenvalue weighted by Gasteiger charge is -2.39. The zero-order chi connectivity index (χ0) is 15.3. The van der Waals surface area contributed by atoms with Crippen LogP contribution in [-0.4, -0.2) is 29.2 Å². The molecule has 0 aliphatic heterocycles. The topological polar surface area (TPSA) is 84.6 Å². The second-order valence-corrected chi connectivity index (χ2v) is 5.58. The molecule has 1 fully saturated rings. The molecule has 0 spiro atoms. The Kier molecular flexibility index (Phi) is 5.20. The normalized spacial score (nSPS) is 25.5. The van der Waals surface area contributed by atoms with Crippen LogP contribution in [0.25, 0.3) is 0 Å². The second-order valence-electron chi connectivity index (χ2n) is 5.58. The molecule has 1 aliphatic carbocycles. The summed E-state index contributed by atoms with van der Waals surface area (Å²) < 4.78 is 6.02. The molecular formula is C16H24N2O3. The molecule has 1 saturated carbocycles. The maximum atomic E-state index is 11.9. The van der Waals surface area contributed by atoms with Gasteiger partial charge in [0, 0.05) is 12.0 Å². The van der Waals surface area contributed by atoms with Crippen LogP contribution in [0.1, 0.15) is 38.2 Å². The lowest BCUT2D eigenvalue weighted by molar-refractivity contribution is -0.127. The number of carbonyl (C=O) groups is 1. The lowest BCUT2D eigenvalue weighted by Crippen LogP contribution is -2.59. The van der Waals surface area contributed by atoms with Crippen molar-refractivity contribution >= 4 is 5.91 Å². The average Bonchev–Trinajstić information content (AvgIpc) is 2.48. The summed E-state index contributed by atoms with van der Waals surface area (Å²) in [7, 11) is 0. The minimum absolute atomic E-state index is 0.0585. The summed E-state index contributed by atoms with van der Waals surface area (Å²) in [6.07, 6.45) is 3.02. The molecule has 2 rings (SSSR count). The maximum Gasteiger partial charge on any atom is 0.237 e. The third kappa shape index (κ3) is 3.54. The van der Waals surface area contributed by atoms with E-state index in [4.69, 9.17) is 10.5 Å². The SMILES string of the molecule is CCNC1(C(N)=O)CCCC(Oc2ccccc2CO)C1. The molecule has 4 N–H and O–H groups in total. The van der Waals surface area contributed by atoms with Gasteiger partial charge >= 0.3 is 0 Å². The predicted octanol–water partition coefficient (Wildman–Crippen LogP) is 1.33. The minimum Gasteiger partial charge on any atom is -0.490 e. The first-order chi connectivity index (χ1) is 10.1. The van der Waals surface area contributed by atoms with E-state index in [0.29, 0.717) is 18.7 Å². The first kappa shape index (κ1) is 15.8. The van der Waals surface area contributed by atoms with Gasteiger partial charge in [-0.15, -0.1) is 0 Å². The number of carbonyl (C=O) groups excluding carboxylic acids is 1. The van der Waals surface area contributed by atoms with Crippen LogP contribution in [0.5, 0.6) is 5.75 Å². The number of hydrogen-bond donors (Lipinski definition) is 3. The van der Waals surface area contributed by atoms with Crippen molar-refractivity contribution in [1.82, 2.24) is 5.32 Å². The van der Waals surface area contributed by atoms with Crippen LogP contribution >= 0.6 is 0 Å². The van der Waals surface area contributed by atoms with E-state index in [1.165, 1.54) is 0 Å². The quantitative estimate of drug-likeness (QED) is 0.738. The van der Waals surface area contributed by atoms with Gasteiger partial charge in [-0.3, -0.25) is 4.79 Å². The molecule has 1 aromatic rings. The predicted molar refractivity (Wildman–Crippen MR) is 80.9 cm³/mol. The molecule has 2 atom stereocenters. The van der Waals surface area contributed by atoms with Gasteiger partial charge in [0.05, 0.1) is 6.61 Å². The van der Waals surface area contributed by atoms with Crippen LogP contribution in [0.2, 0.25) is 0 Å². The molecule has 0 radical (unpaired) electrons. The fourth-order valence-corrected chi connectivity index (χ4v) is 3.06. The van der Waals surface area contributed by atoms with Gasteiger partial charge in [-0.1, -0.05) is 25.1 Å². The highest BCUT2D eigenvalue weighted by Crippen LogP contribution is 2.32. The number of ether oxygens (including phenoxy) is 1. The number of nitrogens with two attached hydrogens (primary N) is 1. The Hall–Kier alpha value is -1.59. The summed E-state index contributed by atoms with van der Waals surface area (Å²) in [5, 5.41) is 12.6. The molecule has 5 heteroatoms. The van der Waals surface area contributed by atoms with E-state index in [2.05, 4.69) is 5.32 Å². The van der Waals surface area contributed by atoms with Crippen LogP contribution in [0.15, 0.2) is 24.3 Å². The Labute approximate surface area is 125 Å². The molecule has 0 aromatic heterocycles. The van der Waals surface area contributed by atoms with E-state index in [1.807, 2.05) is 31.2 Å². The number of aliphatic hydroxyl groups is 1. The fraction of sp³-hybridized carbons (Fsp3) is 0.562. The van der Waals surface area contributed by atoms with Crippen molar-refractivity contribution in [2.45, 2.75) is 50.9 Å². The summed E-state index contributed by atoms with van der Waals surface area (Å²) >= 11 is 0. The third-order valence-electron chi connectivity index (χ3n) is 4.13. The Bertz CT molecular complexity index is 488. The van der Waals surface area contributed by atoms with Gasteiger partial charge < -0.3 is 20.9 Å². The summed E-state index contributed by atoms with van der Waals surface area (Å²) in [4.78, 5) is 11.9. The number of nitrogens with one attached hydrogen (secondary N) is 1. The summed E-state index contributed by atoms with van der Waals surface area (Å²) in [5.41, 5.74) is 5.69. The van der Waals surface area contributed by atoms with Gasteiger partial charge in [-0.05, 0) is 31.9 Å². The lowest BCUT2D eigenvalue weighted by atomic mass is 9.79. The monoisotopic (exact) mass is 292 g/mol. The van der Waals surface area contributed by atoms with Crippen molar-refractivity contribution in [2.24, 2.45) is 5.73 Å². The van der Waals surface area contributed by atoms with Crippen molar-refractivity contribution in [3.63, 3.8) is 0 Å². The van der Waals surface area contributed by atoms with Gasteiger partial charge in [0.15, 0.2) is 0 Å². The van der Waals surface area contributed by atoms with Gasteiger partial charge in [0.1, 0.15) is 17.4 Å². The fourth-order valence-electron chi connectivity index (χ4n) is 3.06. The van der Waals surface area contributed by atoms with E-state index < -0.39 is 5.54 Å². The smallest absolute Gasteiger partial charge is 0.237 e. The Morgan fingerprint density at radius 2 is 2.29 bits per heavy atom. The molecule has 21 heavy (non-hydrogen) atoms. The van der Waals surface area contributed by atoms with Gasteiger partial charge in [-0.2, -0.15) is 0 Å². The molecular weight excluding hydrogens is 268 g/mol. The highest BCUT2D eigenvalue weighted by molar-refractivity contribution is 5.84. The van der Waals surface area contributed by atoms with Crippen LogP contribution in [0, 0.1) is 0 Å². The Morgan fingerprint density at radius 3 is 2.95 bits per heavy atom. The van der Waals surface area contributed by atoms with Crippen LogP contribution < -0.4 is 15.8 Å². The van der Waals surface area contributed by atoms with Crippen LogP contribution in [0.3, 0.4) is 0 Å². The van der Waals surface area contributed by atoms with E-state index in [9.17, 15) is 9.90 Å². The number of benzene rings is 1. The van der Waals surface area contributed by atoms with Crippen molar-refractivity contribution in [3.05, 3.63) is 29.8 Å². The first-order valence-corrected chi connectivity index (χ1v) is 7.51. The average molecular weight is 292 g/mol. The molecule has 0 saturated heterocycles. The molecule has 1 aromatic carbocycles. The number of para-hydroxylation sites is 1. The molecule has 0 heterocycles. The molecule has 5 nitrogen and oxygen atoms in total. The zero-order valence-corrected chi connectivity index (χ0v) is 12.5. The van der Waals surface area contributed by atoms with Crippen molar-refractivity contribution in [2.75, 3.05) is 6.54 Å². The summed E-state index contributed by atoms with van der Waals surface area (Å²) in [6, 6.07) is 7.43. The van der Waals surface area contributed by atoms with E-state index in [-0.39, 0.29) is 18.6 Å². The van der Waals surface area contributed by atoms with E-state index in [1.54, 1.807) is 0 Å².